The highest BCUT2D eigenvalue weighted by Crippen LogP contribution is 2.20. The third kappa shape index (κ3) is 1.89. The number of halogens is 1. The molecule has 0 spiro atoms. The Bertz CT molecular complexity index is 576. The Labute approximate surface area is 103 Å². The molecule has 84 valence electrons. The van der Waals surface area contributed by atoms with E-state index < -0.39 is 0 Å². The number of aromatic nitrogens is 3. The van der Waals surface area contributed by atoms with Gasteiger partial charge in [-0.15, -0.1) is 0 Å². The number of benzene rings is 1. The molecule has 4 nitrogen and oxygen atoms in total. The second-order valence-electron chi connectivity index (χ2n) is 3.37. The summed E-state index contributed by atoms with van der Waals surface area (Å²) in [4.78, 5) is 0. The zero-order valence-electron chi connectivity index (χ0n) is 8.57. The first kappa shape index (κ1) is 11.3. The number of nitrogens with zero attached hydrogens (tertiary/aromatic N) is 2. The Morgan fingerprint density at radius 2 is 2.31 bits per heavy atom. The molecule has 2 rings (SSSR count). The second-order valence-corrected chi connectivity index (χ2v) is 4.17. The summed E-state index contributed by atoms with van der Waals surface area (Å²) in [7, 11) is 0. The van der Waals surface area contributed by atoms with Gasteiger partial charge in [-0.25, -0.2) is 0 Å². The zero-order chi connectivity index (χ0) is 11.7. The Morgan fingerprint density at radius 1 is 1.56 bits per heavy atom. The zero-order valence-corrected chi connectivity index (χ0v) is 10.1. The van der Waals surface area contributed by atoms with Crippen molar-refractivity contribution >= 4 is 23.8 Å². The average molecular weight is 256 g/mol. The number of aliphatic hydroxyl groups is 1. The van der Waals surface area contributed by atoms with Crippen LogP contribution < -0.4 is 0 Å². The maximum Gasteiger partial charge on any atom is 0.199 e. The molecule has 1 heterocycles. The summed E-state index contributed by atoms with van der Waals surface area (Å²) < 4.78 is 2.09. The van der Waals surface area contributed by atoms with Gasteiger partial charge in [0, 0.05) is 5.02 Å². The predicted molar refractivity (Wildman–Crippen MR) is 64.4 cm³/mol. The second kappa shape index (κ2) is 4.37. The molecule has 2 N–H and O–H groups in total. The Morgan fingerprint density at radius 3 is 2.94 bits per heavy atom. The van der Waals surface area contributed by atoms with Gasteiger partial charge in [0.05, 0.1) is 5.69 Å². The smallest absolute Gasteiger partial charge is 0.199 e. The van der Waals surface area contributed by atoms with E-state index in [1.807, 2.05) is 19.1 Å². The van der Waals surface area contributed by atoms with Crippen LogP contribution in [-0.4, -0.2) is 19.9 Å². The number of hydrogen-bond acceptors (Lipinski definition) is 3. The molecule has 1 aromatic heterocycles. The van der Waals surface area contributed by atoms with Gasteiger partial charge in [-0.3, -0.25) is 9.67 Å². The van der Waals surface area contributed by atoms with Gasteiger partial charge in [-0.2, -0.15) is 5.10 Å². The minimum absolute atomic E-state index is 0.182. The van der Waals surface area contributed by atoms with Gasteiger partial charge in [0.25, 0.3) is 0 Å². The van der Waals surface area contributed by atoms with E-state index in [0.717, 1.165) is 11.3 Å². The van der Waals surface area contributed by atoms with E-state index in [1.54, 1.807) is 10.6 Å². The Kier molecular flexibility index (Phi) is 3.09. The fourth-order valence-corrected chi connectivity index (χ4v) is 1.85. The summed E-state index contributed by atoms with van der Waals surface area (Å²) in [5, 5.41) is 16.3. The summed E-state index contributed by atoms with van der Waals surface area (Å²) in [5.41, 5.74) is 1.78. The molecule has 16 heavy (non-hydrogen) atoms. The van der Waals surface area contributed by atoms with E-state index in [9.17, 15) is 0 Å². The maximum absolute atomic E-state index is 9.13. The lowest BCUT2D eigenvalue weighted by Crippen LogP contribution is -2.01. The van der Waals surface area contributed by atoms with E-state index in [-0.39, 0.29) is 6.61 Å². The lowest BCUT2D eigenvalue weighted by Gasteiger charge is -2.06. The van der Waals surface area contributed by atoms with Crippen molar-refractivity contribution in [2.75, 3.05) is 0 Å². The fourth-order valence-electron chi connectivity index (χ4n) is 1.42. The third-order valence-corrected chi connectivity index (χ3v) is 2.98. The van der Waals surface area contributed by atoms with Crippen molar-refractivity contribution in [2.24, 2.45) is 0 Å². The number of nitrogens with one attached hydrogen (secondary N) is 1. The highest BCUT2D eigenvalue weighted by atomic mass is 35.5. The van der Waals surface area contributed by atoms with Crippen molar-refractivity contribution in [1.82, 2.24) is 14.8 Å². The summed E-state index contributed by atoms with van der Waals surface area (Å²) in [6.45, 7) is 1.74. The summed E-state index contributed by atoms with van der Waals surface area (Å²) in [6.07, 6.45) is 0. The summed E-state index contributed by atoms with van der Waals surface area (Å²) >= 11 is 11.1. The van der Waals surface area contributed by atoms with Crippen molar-refractivity contribution in [1.29, 1.82) is 0 Å². The molecule has 0 saturated carbocycles. The highest BCUT2D eigenvalue weighted by Gasteiger charge is 2.08. The lowest BCUT2D eigenvalue weighted by atomic mass is 10.2. The number of hydrogen-bond donors (Lipinski definition) is 2. The molecule has 1 aromatic carbocycles. The first-order valence-electron chi connectivity index (χ1n) is 4.67. The predicted octanol–water partition coefficient (Wildman–Crippen LogP) is 2.38. The molecule has 0 fully saturated rings. The monoisotopic (exact) mass is 255 g/mol. The normalized spacial score (nSPS) is 10.7. The van der Waals surface area contributed by atoms with E-state index in [2.05, 4.69) is 10.2 Å². The van der Waals surface area contributed by atoms with E-state index in [0.29, 0.717) is 15.6 Å². The molecular weight excluding hydrogens is 246 g/mol. The average Bonchev–Trinajstić information content (AvgIpc) is 2.64. The quantitative estimate of drug-likeness (QED) is 0.811. The van der Waals surface area contributed by atoms with Gasteiger partial charge >= 0.3 is 0 Å². The van der Waals surface area contributed by atoms with Crippen LogP contribution in [0, 0.1) is 11.7 Å². The van der Waals surface area contributed by atoms with Gasteiger partial charge in [0.15, 0.2) is 10.6 Å². The summed E-state index contributed by atoms with van der Waals surface area (Å²) in [5.74, 6) is 0.463. The largest absolute Gasteiger partial charge is 0.388 e. The molecule has 0 aliphatic carbocycles. The first-order valence-corrected chi connectivity index (χ1v) is 5.46. The van der Waals surface area contributed by atoms with Crippen LogP contribution in [0.2, 0.25) is 5.02 Å². The van der Waals surface area contributed by atoms with Gasteiger partial charge in [0.2, 0.25) is 0 Å². The third-order valence-electron chi connectivity index (χ3n) is 2.30. The maximum atomic E-state index is 9.13. The number of rotatable bonds is 2. The fraction of sp³-hybridized carbons (Fsp3) is 0.200. The van der Waals surface area contributed by atoms with Gasteiger partial charge in [0.1, 0.15) is 6.61 Å². The van der Waals surface area contributed by atoms with Crippen LogP contribution in [0.5, 0.6) is 0 Å². The number of aromatic amines is 1. The molecule has 0 radical (unpaired) electrons. The van der Waals surface area contributed by atoms with E-state index >= 15 is 0 Å². The number of H-pyrrole nitrogens is 1. The van der Waals surface area contributed by atoms with Crippen LogP contribution in [-0.2, 0) is 6.61 Å². The molecule has 0 amide bonds. The molecule has 2 aromatic rings. The molecule has 0 bridgehead atoms. The summed E-state index contributed by atoms with van der Waals surface area (Å²) in [6, 6.07) is 5.57. The molecular formula is C10H10ClN3OS. The Hall–Kier alpha value is -1.17. The van der Waals surface area contributed by atoms with Crippen molar-refractivity contribution < 1.29 is 5.11 Å². The molecule has 0 atom stereocenters. The first-order chi connectivity index (χ1) is 7.63. The minimum atomic E-state index is -0.182. The van der Waals surface area contributed by atoms with E-state index in [4.69, 9.17) is 28.9 Å². The highest BCUT2D eigenvalue weighted by molar-refractivity contribution is 7.71. The molecule has 0 aliphatic rings. The van der Waals surface area contributed by atoms with Crippen LogP contribution in [0.4, 0.5) is 0 Å². The number of aliphatic hydroxyl groups excluding tert-OH is 1. The molecule has 0 aliphatic heterocycles. The molecule has 0 unspecified atom stereocenters. The minimum Gasteiger partial charge on any atom is -0.388 e. The number of aryl methyl sites for hydroxylation is 1. The van der Waals surface area contributed by atoms with Crippen LogP contribution in [0.15, 0.2) is 18.2 Å². The van der Waals surface area contributed by atoms with Crippen LogP contribution in [0.1, 0.15) is 11.4 Å². The van der Waals surface area contributed by atoms with Crippen molar-refractivity contribution in [3.05, 3.63) is 39.4 Å². The van der Waals surface area contributed by atoms with Crippen LogP contribution >= 0.6 is 23.8 Å². The van der Waals surface area contributed by atoms with E-state index in [1.165, 1.54) is 0 Å². The lowest BCUT2D eigenvalue weighted by molar-refractivity contribution is 0.269. The van der Waals surface area contributed by atoms with Crippen LogP contribution in [0.25, 0.3) is 5.69 Å². The molecule has 6 heteroatoms. The standard InChI is InChI=1S/C10H10ClN3OS/c1-6-2-3-7(4-8(6)11)14-9(5-15)12-13-10(14)16/h2-4,15H,5H2,1H3,(H,13,16). The SMILES string of the molecule is Cc1ccc(-n2c(CO)n[nH]c2=S)cc1Cl. The van der Waals surface area contributed by atoms with Crippen molar-refractivity contribution in [3.8, 4) is 5.69 Å². The van der Waals surface area contributed by atoms with Gasteiger partial charge in [-0.1, -0.05) is 17.7 Å². The van der Waals surface area contributed by atoms with Crippen LogP contribution in [0.3, 0.4) is 0 Å². The van der Waals surface area contributed by atoms with Crippen molar-refractivity contribution in [3.63, 3.8) is 0 Å². The Balaban J connectivity index is 2.62. The van der Waals surface area contributed by atoms with Gasteiger partial charge < -0.3 is 5.11 Å². The molecule has 0 saturated heterocycles. The topological polar surface area (TPSA) is 53.8 Å². The van der Waals surface area contributed by atoms with Gasteiger partial charge in [-0.05, 0) is 36.8 Å². The van der Waals surface area contributed by atoms with Crippen molar-refractivity contribution in [2.45, 2.75) is 13.5 Å².